The Bertz CT molecular complexity index is 372. The second kappa shape index (κ2) is 6.06. The monoisotopic (exact) mass is 271 g/mol. The van der Waals surface area contributed by atoms with Crippen LogP contribution in [0.25, 0.3) is 0 Å². The molecule has 1 N–H and O–H groups in total. The summed E-state index contributed by atoms with van der Waals surface area (Å²) in [4.78, 5) is 25.0. The Hall–Kier alpha value is -1.56. The lowest BCUT2D eigenvalue weighted by Crippen LogP contribution is -2.54. The summed E-state index contributed by atoms with van der Waals surface area (Å²) in [6, 6.07) is -1.06. The van der Waals surface area contributed by atoms with Gasteiger partial charge in [-0.25, -0.2) is 9.59 Å². The number of amides is 1. The maximum Gasteiger partial charge on any atom is 0.411 e. The Kier molecular flexibility index (Phi) is 4.94. The molecule has 0 aromatic heterocycles. The molecule has 1 amide bonds. The van der Waals surface area contributed by atoms with Crippen LogP contribution in [0.3, 0.4) is 0 Å². The van der Waals surface area contributed by atoms with Gasteiger partial charge in [-0.3, -0.25) is 4.90 Å². The Morgan fingerprint density at radius 2 is 2.05 bits per heavy atom. The molecule has 1 aliphatic rings. The second-order valence-electron chi connectivity index (χ2n) is 5.25. The van der Waals surface area contributed by atoms with Gasteiger partial charge in [-0.1, -0.05) is 12.2 Å². The van der Waals surface area contributed by atoms with Gasteiger partial charge in [-0.05, 0) is 27.7 Å². The van der Waals surface area contributed by atoms with Crippen molar-refractivity contribution in [1.29, 1.82) is 0 Å². The molecular formula is C13H21NO5. The van der Waals surface area contributed by atoms with E-state index in [4.69, 9.17) is 9.47 Å². The Labute approximate surface area is 113 Å². The molecule has 0 unspecified atom stereocenters. The number of hydrogen-bond acceptors (Lipinski definition) is 5. The van der Waals surface area contributed by atoms with Crippen LogP contribution < -0.4 is 0 Å². The summed E-state index contributed by atoms with van der Waals surface area (Å²) < 4.78 is 10.1. The van der Waals surface area contributed by atoms with Crippen LogP contribution >= 0.6 is 0 Å². The number of hydrogen-bond donors (Lipinski definition) is 1. The van der Waals surface area contributed by atoms with Gasteiger partial charge in [0.15, 0.2) is 6.04 Å². The zero-order valence-corrected chi connectivity index (χ0v) is 11.8. The van der Waals surface area contributed by atoms with Gasteiger partial charge in [0, 0.05) is 6.54 Å². The van der Waals surface area contributed by atoms with Crippen LogP contribution in [0.2, 0.25) is 0 Å². The standard InChI is InChI=1S/C13H21NO5/c1-5-18-11(16)10-9(15)7-6-8-14(10)12(17)19-13(2,3)4/h6-7,9-10,15H,5,8H2,1-4H3/t9-,10+/m0/s1. The number of aliphatic hydroxyl groups is 1. The number of carbonyl (C=O) groups excluding carboxylic acids is 2. The lowest BCUT2D eigenvalue weighted by molar-refractivity contribution is -0.152. The van der Waals surface area contributed by atoms with Gasteiger partial charge in [0.1, 0.15) is 11.7 Å². The van der Waals surface area contributed by atoms with Gasteiger partial charge in [0.25, 0.3) is 0 Å². The van der Waals surface area contributed by atoms with Crippen LogP contribution in [0.15, 0.2) is 12.2 Å². The highest BCUT2D eigenvalue weighted by Crippen LogP contribution is 2.18. The maximum absolute atomic E-state index is 12.0. The first-order chi connectivity index (χ1) is 8.76. The Balaban J connectivity index is 2.86. The predicted molar refractivity (Wildman–Crippen MR) is 68.5 cm³/mol. The number of nitrogens with zero attached hydrogens (tertiary/aromatic N) is 1. The summed E-state index contributed by atoms with van der Waals surface area (Å²) in [6.45, 7) is 7.27. The van der Waals surface area contributed by atoms with E-state index in [2.05, 4.69) is 0 Å². The number of carbonyl (C=O) groups is 2. The van der Waals surface area contributed by atoms with Crippen LogP contribution in [0.4, 0.5) is 4.79 Å². The van der Waals surface area contributed by atoms with E-state index in [1.54, 1.807) is 33.8 Å². The van der Waals surface area contributed by atoms with Crippen molar-refractivity contribution in [2.45, 2.75) is 45.4 Å². The zero-order valence-electron chi connectivity index (χ0n) is 11.8. The molecule has 108 valence electrons. The minimum absolute atomic E-state index is 0.188. The van der Waals surface area contributed by atoms with Crippen molar-refractivity contribution in [3.05, 3.63) is 12.2 Å². The molecule has 19 heavy (non-hydrogen) atoms. The van der Waals surface area contributed by atoms with E-state index in [9.17, 15) is 14.7 Å². The maximum atomic E-state index is 12.0. The molecule has 0 saturated heterocycles. The average molecular weight is 271 g/mol. The fourth-order valence-electron chi connectivity index (χ4n) is 1.72. The first-order valence-corrected chi connectivity index (χ1v) is 6.27. The molecular weight excluding hydrogens is 250 g/mol. The van der Waals surface area contributed by atoms with Gasteiger partial charge in [-0.2, -0.15) is 0 Å². The fourth-order valence-corrected chi connectivity index (χ4v) is 1.72. The van der Waals surface area contributed by atoms with Crippen molar-refractivity contribution >= 4 is 12.1 Å². The minimum Gasteiger partial charge on any atom is -0.464 e. The first-order valence-electron chi connectivity index (χ1n) is 6.27. The Morgan fingerprint density at radius 3 is 2.58 bits per heavy atom. The van der Waals surface area contributed by atoms with Crippen LogP contribution in [-0.2, 0) is 14.3 Å². The highest BCUT2D eigenvalue weighted by molar-refractivity contribution is 5.83. The third-order valence-electron chi connectivity index (χ3n) is 2.45. The first kappa shape index (κ1) is 15.5. The Morgan fingerprint density at radius 1 is 1.42 bits per heavy atom. The topological polar surface area (TPSA) is 76.1 Å². The second-order valence-corrected chi connectivity index (χ2v) is 5.25. The third-order valence-corrected chi connectivity index (χ3v) is 2.45. The summed E-state index contributed by atoms with van der Waals surface area (Å²) in [5.41, 5.74) is -0.664. The molecule has 0 aromatic carbocycles. The number of esters is 1. The van der Waals surface area contributed by atoms with Crippen LogP contribution in [0.1, 0.15) is 27.7 Å². The summed E-state index contributed by atoms with van der Waals surface area (Å²) in [7, 11) is 0. The highest BCUT2D eigenvalue weighted by atomic mass is 16.6. The summed E-state index contributed by atoms with van der Waals surface area (Å²) >= 11 is 0. The summed E-state index contributed by atoms with van der Waals surface area (Å²) in [5, 5.41) is 9.85. The van der Waals surface area contributed by atoms with E-state index in [0.29, 0.717) is 0 Å². The lowest BCUT2D eigenvalue weighted by Gasteiger charge is -2.35. The van der Waals surface area contributed by atoms with Crippen molar-refractivity contribution in [2.24, 2.45) is 0 Å². The highest BCUT2D eigenvalue weighted by Gasteiger charge is 2.39. The van der Waals surface area contributed by atoms with E-state index in [1.165, 1.54) is 11.0 Å². The smallest absolute Gasteiger partial charge is 0.411 e. The molecule has 6 nitrogen and oxygen atoms in total. The van der Waals surface area contributed by atoms with Crippen molar-refractivity contribution in [3.8, 4) is 0 Å². The number of ether oxygens (including phenoxy) is 2. The van der Waals surface area contributed by atoms with E-state index in [-0.39, 0.29) is 13.2 Å². The van der Waals surface area contributed by atoms with Gasteiger partial charge in [0.05, 0.1) is 6.61 Å². The molecule has 2 atom stereocenters. The molecule has 1 heterocycles. The van der Waals surface area contributed by atoms with Crippen LogP contribution in [0, 0.1) is 0 Å². The van der Waals surface area contributed by atoms with Gasteiger partial charge < -0.3 is 14.6 Å². The van der Waals surface area contributed by atoms with Crippen molar-refractivity contribution in [1.82, 2.24) is 4.90 Å². The third kappa shape index (κ3) is 4.24. The molecule has 0 bridgehead atoms. The van der Waals surface area contributed by atoms with E-state index in [1.807, 2.05) is 0 Å². The molecule has 0 fully saturated rings. The number of rotatable bonds is 2. The minimum atomic E-state index is -1.08. The van der Waals surface area contributed by atoms with Crippen molar-refractivity contribution < 1.29 is 24.2 Å². The molecule has 0 saturated carbocycles. The zero-order chi connectivity index (χ0) is 14.6. The van der Waals surface area contributed by atoms with Crippen molar-refractivity contribution in [3.63, 3.8) is 0 Å². The van der Waals surface area contributed by atoms with Crippen LogP contribution in [-0.4, -0.2) is 53.0 Å². The van der Waals surface area contributed by atoms with Crippen molar-refractivity contribution in [2.75, 3.05) is 13.2 Å². The largest absolute Gasteiger partial charge is 0.464 e. The summed E-state index contributed by atoms with van der Waals surface area (Å²) in [6.07, 6.45) is 1.36. The SMILES string of the molecule is CCOC(=O)[C@H]1[C@@H](O)C=CCN1C(=O)OC(C)(C)C. The van der Waals surface area contributed by atoms with Gasteiger partial charge >= 0.3 is 12.1 Å². The van der Waals surface area contributed by atoms with Gasteiger partial charge in [0.2, 0.25) is 0 Å². The average Bonchev–Trinajstić information content (AvgIpc) is 2.26. The molecule has 1 rings (SSSR count). The quantitative estimate of drug-likeness (QED) is 0.601. The fraction of sp³-hybridized carbons (Fsp3) is 0.692. The summed E-state index contributed by atoms with van der Waals surface area (Å²) in [5.74, 6) is -0.634. The number of aliphatic hydroxyl groups excluding tert-OH is 1. The molecule has 6 heteroatoms. The van der Waals surface area contributed by atoms with E-state index < -0.39 is 29.8 Å². The van der Waals surface area contributed by atoms with E-state index in [0.717, 1.165) is 0 Å². The predicted octanol–water partition coefficient (Wildman–Crippen LogP) is 1.09. The van der Waals surface area contributed by atoms with E-state index >= 15 is 0 Å². The molecule has 1 aliphatic heterocycles. The molecule has 0 aliphatic carbocycles. The lowest BCUT2D eigenvalue weighted by atomic mass is 10.1. The molecule has 0 aromatic rings. The van der Waals surface area contributed by atoms with Gasteiger partial charge in [-0.15, -0.1) is 0 Å². The molecule has 0 radical (unpaired) electrons. The van der Waals surface area contributed by atoms with Crippen LogP contribution in [0.5, 0.6) is 0 Å². The molecule has 0 spiro atoms. The normalized spacial score (nSPS) is 23.1.